The van der Waals surface area contributed by atoms with Crippen LogP contribution in [0, 0.1) is 23.0 Å². The first-order valence-corrected chi connectivity index (χ1v) is 7.79. The zero-order valence-electron chi connectivity index (χ0n) is 12.7. The highest BCUT2D eigenvalue weighted by atomic mass is 16.6. The summed E-state index contributed by atoms with van der Waals surface area (Å²) in [5.74, 6) is 0.738. The lowest BCUT2D eigenvalue weighted by Gasteiger charge is -2.41. The number of hydrogen-bond acceptors (Lipinski definition) is 4. The minimum absolute atomic E-state index is 0.233. The topological polar surface area (TPSA) is 58.4 Å². The van der Waals surface area contributed by atoms with E-state index in [4.69, 9.17) is 0 Å². The van der Waals surface area contributed by atoms with E-state index in [1.165, 1.54) is 12.8 Å². The molecular formula is C16H23N3O2. The molecule has 5 nitrogen and oxygen atoms in total. The second-order valence-electron chi connectivity index (χ2n) is 6.34. The van der Waals surface area contributed by atoms with Crippen molar-refractivity contribution < 1.29 is 4.92 Å². The van der Waals surface area contributed by atoms with Crippen LogP contribution in [-0.2, 0) is 0 Å². The van der Waals surface area contributed by atoms with Crippen LogP contribution in [0.1, 0.15) is 36.9 Å². The van der Waals surface area contributed by atoms with Gasteiger partial charge in [0.05, 0.1) is 4.92 Å². The van der Waals surface area contributed by atoms with E-state index >= 15 is 0 Å². The van der Waals surface area contributed by atoms with E-state index in [0.717, 1.165) is 36.7 Å². The second-order valence-corrected chi connectivity index (χ2v) is 6.34. The molecule has 1 aromatic rings. The number of fused-ring (bicyclic) bond motifs is 1. The summed E-state index contributed by atoms with van der Waals surface area (Å²) in [5.41, 5.74) is 2.02. The smallest absolute Gasteiger partial charge is 0.272 e. The van der Waals surface area contributed by atoms with Crippen molar-refractivity contribution in [2.75, 3.05) is 19.6 Å². The highest BCUT2D eigenvalue weighted by molar-refractivity contribution is 5.43. The molecule has 0 amide bonds. The molecule has 1 N–H and O–H groups in total. The first-order valence-electron chi connectivity index (χ1n) is 7.79. The minimum Gasteiger partial charge on any atom is -0.315 e. The molecule has 0 aromatic heterocycles. The van der Waals surface area contributed by atoms with E-state index in [1.54, 1.807) is 13.0 Å². The molecule has 2 aliphatic heterocycles. The summed E-state index contributed by atoms with van der Waals surface area (Å²) in [6.45, 7) is 7.22. The minimum atomic E-state index is -0.276. The fourth-order valence-electron chi connectivity index (χ4n) is 3.86. The number of hydrogen-bond donors (Lipinski definition) is 1. The lowest BCUT2D eigenvalue weighted by atomic mass is 9.89. The van der Waals surface area contributed by atoms with Crippen molar-refractivity contribution in [3.8, 4) is 0 Å². The molecule has 2 aliphatic rings. The van der Waals surface area contributed by atoms with Gasteiger partial charge in [-0.1, -0.05) is 12.1 Å². The molecule has 114 valence electrons. The predicted octanol–water partition coefficient (Wildman–Crippen LogP) is 2.65. The molecule has 0 radical (unpaired) electrons. The zero-order chi connectivity index (χ0) is 15.0. The molecule has 3 rings (SSSR count). The van der Waals surface area contributed by atoms with Gasteiger partial charge in [0.1, 0.15) is 0 Å². The summed E-state index contributed by atoms with van der Waals surface area (Å²) in [7, 11) is 0. The molecule has 2 heterocycles. The average Bonchev–Trinajstić information content (AvgIpc) is 2.95. The van der Waals surface area contributed by atoms with Crippen LogP contribution >= 0.6 is 0 Å². The Labute approximate surface area is 125 Å². The van der Waals surface area contributed by atoms with Crippen molar-refractivity contribution in [1.29, 1.82) is 0 Å². The highest BCUT2D eigenvalue weighted by Gasteiger charge is 2.37. The summed E-state index contributed by atoms with van der Waals surface area (Å²) >= 11 is 0. The second kappa shape index (κ2) is 5.73. The Kier molecular flexibility index (Phi) is 3.95. The zero-order valence-corrected chi connectivity index (χ0v) is 12.7. The summed E-state index contributed by atoms with van der Waals surface area (Å²) < 4.78 is 0. The molecule has 0 bridgehead atoms. The first kappa shape index (κ1) is 14.5. The Morgan fingerprint density at radius 2 is 2.24 bits per heavy atom. The van der Waals surface area contributed by atoms with Gasteiger partial charge < -0.3 is 5.32 Å². The van der Waals surface area contributed by atoms with Crippen LogP contribution in [0.3, 0.4) is 0 Å². The number of nitro groups is 1. The van der Waals surface area contributed by atoms with Crippen LogP contribution in [0.4, 0.5) is 5.69 Å². The Morgan fingerprint density at radius 1 is 1.43 bits per heavy atom. The lowest BCUT2D eigenvalue weighted by molar-refractivity contribution is -0.385. The largest absolute Gasteiger partial charge is 0.315 e. The van der Waals surface area contributed by atoms with Crippen LogP contribution in [0.2, 0.25) is 0 Å². The van der Waals surface area contributed by atoms with E-state index in [1.807, 2.05) is 12.1 Å². The fourth-order valence-corrected chi connectivity index (χ4v) is 3.86. The summed E-state index contributed by atoms with van der Waals surface area (Å²) in [4.78, 5) is 13.4. The number of rotatable bonds is 3. The maximum atomic E-state index is 11.1. The summed E-state index contributed by atoms with van der Waals surface area (Å²) in [6, 6.07) is 6.48. The van der Waals surface area contributed by atoms with Crippen LogP contribution in [0.15, 0.2) is 18.2 Å². The predicted molar refractivity (Wildman–Crippen MR) is 82.3 cm³/mol. The standard InChI is InChI=1S/C16H23N3O2/c1-11-5-6-13(8-15(11)19(20)21)12(2)18-7-3-4-14-9-17-10-16(14)18/h5-6,8,12,14,16-17H,3-4,7,9-10H2,1-2H3. The van der Waals surface area contributed by atoms with E-state index in [-0.39, 0.29) is 16.7 Å². The molecule has 2 fully saturated rings. The van der Waals surface area contributed by atoms with Crippen LogP contribution in [-0.4, -0.2) is 35.5 Å². The van der Waals surface area contributed by atoms with Gasteiger partial charge in [-0.2, -0.15) is 0 Å². The molecule has 3 atom stereocenters. The molecule has 3 unspecified atom stereocenters. The van der Waals surface area contributed by atoms with E-state index < -0.39 is 0 Å². The maximum Gasteiger partial charge on any atom is 0.272 e. The SMILES string of the molecule is Cc1ccc(C(C)N2CCCC3CNCC32)cc1[N+](=O)[O-]. The van der Waals surface area contributed by atoms with Crippen molar-refractivity contribution in [3.05, 3.63) is 39.4 Å². The number of likely N-dealkylation sites (tertiary alicyclic amines) is 1. The molecule has 0 spiro atoms. The summed E-state index contributed by atoms with van der Waals surface area (Å²) in [5, 5.41) is 14.6. The monoisotopic (exact) mass is 289 g/mol. The molecule has 1 aromatic carbocycles. The molecule has 2 saturated heterocycles. The van der Waals surface area contributed by atoms with Crippen LogP contribution < -0.4 is 5.32 Å². The molecule has 0 aliphatic carbocycles. The van der Waals surface area contributed by atoms with Gasteiger partial charge in [-0.05, 0) is 51.3 Å². The molecule has 0 saturated carbocycles. The van der Waals surface area contributed by atoms with E-state index in [0.29, 0.717) is 6.04 Å². The number of nitro benzene ring substituents is 1. The Balaban J connectivity index is 1.86. The third-order valence-electron chi connectivity index (χ3n) is 5.13. The quantitative estimate of drug-likeness (QED) is 0.686. The van der Waals surface area contributed by atoms with Crippen molar-refractivity contribution in [2.45, 2.75) is 38.8 Å². The van der Waals surface area contributed by atoms with Gasteiger partial charge in [-0.3, -0.25) is 15.0 Å². The van der Waals surface area contributed by atoms with Gasteiger partial charge in [-0.25, -0.2) is 0 Å². The number of nitrogens with zero attached hydrogens (tertiary/aromatic N) is 2. The Morgan fingerprint density at radius 3 is 3.00 bits per heavy atom. The molecular weight excluding hydrogens is 266 g/mol. The molecule has 21 heavy (non-hydrogen) atoms. The number of nitrogens with one attached hydrogen (secondary N) is 1. The van der Waals surface area contributed by atoms with Gasteiger partial charge in [0.2, 0.25) is 0 Å². The summed E-state index contributed by atoms with van der Waals surface area (Å²) in [6.07, 6.45) is 2.52. The number of aryl methyl sites for hydroxylation is 1. The van der Waals surface area contributed by atoms with Gasteiger partial charge in [0.25, 0.3) is 5.69 Å². The van der Waals surface area contributed by atoms with E-state index in [9.17, 15) is 10.1 Å². The first-order chi connectivity index (χ1) is 10.1. The van der Waals surface area contributed by atoms with Crippen molar-refractivity contribution in [3.63, 3.8) is 0 Å². The average molecular weight is 289 g/mol. The Hall–Kier alpha value is -1.46. The van der Waals surface area contributed by atoms with Crippen LogP contribution in [0.25, 0.3) is 0 Å². The van der Waals surface area contributed by atoms with Gasteiger partial charge >= 0.3 is 0 Å². The highest BCUT2D eigenvalue weighted by Crippen LogP contribution is 2.34. The fraction of sp³-hybridized carbons (Fsp3) is 0.625. The molecule has 5 heteroatoms. The number of piperidine rings is 1. The van der Waals surface area contributed by atoms with Gasteiger partial charge in [0.15, 0.2) is 0 Å². The van der Waals surface area contributed by atoms with Crippen molar-refractivity contribution >= 4 is 5.69 Å². The third-order valence-corrected chi connectivity index (χ3v) is 5.13. The lowest BCUT2D eigenvalue weighted by Crippen LogP contribution is -2.46. The maximum absolute atomic E-state index is 11.1. The van der Waals surface area contributed by atoms with Crippen molar-refractivity contribution in [2.24, 2.45) is 5.92 Å². The number of benzene rings is 1. The van der Waals surface area contributed by atoms with Crippen LogP contribution in [0.5, 0.6) is 0 Å². The normalized spacial score (nSPS) is 27.3. The van der Waals surface area contributed by atoms with Crippen molar-refractivity contribution in [1.82, 2.24) is 10.2 Å². The van der Waals surface area contributed by atoms with Gasteiger partial charge in [0, 0.05) is 30.3 Å². The third kappa shape index (κ3) is 2.68. The van der Waals surface area contributed by atoms with Gasteiger partial charge in [-0.15, -0.1) is 0 Å². The van der Waals surface area contributed by atoms with E-state index in [2.05, 4.69) is 17.1 Å². The Bertz CT molecular complexity index is 546.